The predicted molar refractivity (Wildman–Crippen MR) is 113 cm³/mol. The molecule has 146 valence electrons. The summed E-state index contributed by atoms with van der Waals surface area (Å²) in [6.07, 6.45) is 0.632. The number of aromatic nitrogens is 2. The highest BCUT2D eigenvalue weighted by Gasteiger charge is 2.31. The first kappa shape index (κ1) is 19.8. The Morgan fingerprint density at radius 2 is 2.11 bits per heavy atom. The van der Waals surface area contributed by atoms with Crippen molar-refractivity contribution in [3.63, 3.8) is 0 Å². The molecule has 1 aliphatic heterocycles. The average molecular weight is 407 g/mol. The molecule has 0 unspecified atom stereocenters. The third-order valence-corrected chi connectivity index (χ3v) is 7.20. The summed E-state index contributed by atoms with van der Waals surface area (Å²) in [4.78, 5) is 1.98. The molecule has 0 saturated carbocycles. The van der Waals surface area contributed by atoms with Crippen molar-refractivity contribution in [3.05, 3.63) is 46.8 Å². The van der Waals surface area contributed by atoms with Gasteiger partial charge in [0.2, 0.25) is 0 Å². The second-order valence-corrected chi connectivity index (χ2v) is 9.92. The number of benzene rings is 1. The van der Waals surface area contributed by atoms with Crippen molar-refractivity contribution in [2.45, 2.75) is 39.8 Å². The maximum absolute atomic E-state index is 11.8. The number of nitrogens with one attached hydrogen (secondary N) is 1. The van der Waals surface area contributed by atoms with Crippen LogP contribution in [0.4, 0.5) is 5.69 Å². The lowest BCUT2D eigenvalue weighted by Crippen LogP contribution is -2.31. The van der Waals surface area contributed by atoms with Crippen LogP contribution in [0, 0.1) is 20.8 Å². The number of hydrogen-bond acceptors (Lipinski definition) is 4. The summed E-state index contributed by atoms with van der Waals surface area (Å²) in [7, 11) is -0.995. The summed E-state index contributed by atoms with van der Waals surface area (Å²) < 4.78 is 25.5. The molecule has 6 nitrogen and oxygen atoms in total. The second-order valence-electron chi connectivity index (χ2n) is 7.31. The molecule has 1 saturated heterocycles. The van der Waals surface area contributed by atoms with Crippen molar-refractivity contribution in [2.75, 3.05) is 23.9 Å². The largest absolute Gasteiger partial charge is 0.348 e. The monoisotopic (exact) mass is 406 g/mol. The fourth-order valence-electron chi connectivity index (χ4n) is 3.50. The maximum atomic E-state index is 11.8. The van der Waals surface area contributed by atoms with Crippen LogP contribution in [0.1, 0.15) is 35.0 Å². The van der Waals surface area contributed by atoms with Crippen molar-refractivity contribution < 1.29 is 8.42 Å². The minimum atomic E-state index is -2.94. The van der Waals surface area contributed by atoms with Crippen molar-refractivity contribution in [2.24, 2.45) is 0 Å². The molecule has 1 fully saturated rings. The first-order valence-electron chi connectivity index (χ1n) is 9.00. The summed E-state index contributed by atoms with van der Waals surface area (Å²) in [6.45, 7) is 6.63. The number of anilines is 1. The van der Waals surface area contributed by atoms with E-state index in [-0.39, 0.29) is 17.5 Å². The topological polar surface area (TPSA) is 67.2 Å². The fraction of sp³-hybridized carbons (Fsp3) is 0.474. The summed E-state index contributed by atoms with van der Waals surface area (Å²) in [6, 6.07) is 8.01. The van der Waals surface area contributed by atoms with E-state index < -0.39 is 9.84 Å². The quantitative estimate of drug-likeness (QED) is 0.788. The van der Waals surface area contributed by atoms with E-state index in [1.54, 1.807) is 0 Å². The van der Waals surface area contributed by atoms with E-state index in [0.29, 0.717) is 18.1 Å². The lowest BCUT2D eigenvalue weighted by atomic mass is 10.1. The molecule has 1 aromatic heterocycles. The van der Waals surface area contributed by atoms with Crippen molar-refractivity contribution in [3.8, 4) is 0 Å². The van der Waals surface area contributed by atoms with E-state index in [1.165, 1.54) is 5.56 Å². The molecule has 0 radical (unpaired) electrons. The number of hydrogen-bond donors (Lipinski definition) is 1. The molecule has 2 heterocycles. The molecular weight excluding hydrogens is 380 g/mol. The van der Waals surface area contributed by atoms with Gasteiger partial charge in [0, 0.05) is 30.5 Å². The van der Waals surface area contributed by atoms with Gasteiger partial charge >= 0.3 is 0 Å². The Hall–Kier alpha value is -1.93. The Morgan fingerprint density at radius 3 is 2.74 bits per heavy atom. The zero-order valence-corrected chi connectivity index (χ0v) is 17.8. The van der Waals surface area contributed by atoms with Crippen LogP contribution in [0.5, 0.6) is 0 Å². The first-order valence-corrected chi connectivity index (χ1v) is 11.2. The third-order valence-electron chi connectivity index (χ3n) is 5.04. The fourth-order valence-corrected chi connectivity index (χ4v) is 5.37. The third kappa shape index (κ3) is 4.50. The van der Waals surface area contributed by atoms with Gasteiger partial charge in [-0.15, -0.1) is 0 Å². The van der Waals surface area contributed by atoms with Crippen LogP contribution >= 0.6 is 12.2 Å². The van der Waals surface area contributed by atoms with Gasteiger partial charge in [-0.25, -0.2) is 8.42 Å². The van der Waals surface area contributed by atoms with E-state index >= 15 is 0 Å². The molecule has 0 spiro atoms. The van der Waals surface area contributed by atoms with Crippen LogP contribution in [0.3, 0.4) is 0 Å². The maximum Gasteiger partial charge on any atom is 0.173 e. The molecule has 1 atom stereocenters. The van der Waals surface area contributed by atoms with Crippen LogP contribution in [0.2, 0.25) is 0 Å². The molecule has 1 aliphatic rings. The van der Waals surface area contributed by atoms with Crippen LogP contribution in [0.15, 0.2) is 24.3 Å². The summed E-state index contributed by atoms with van der Waals surface area (Å²) in [5, 5.41) is 8.53. The van der Waals surface area contributed by atoms with Crippen molar-refractivity contribution >= 4 is 32.9 Å². The molecule has 27 heavy (non-hydrogen) atoms. The number of nitrogens with zero attached hydrogens (tertiary/aromatic N) is 3. The van der Waals surface area contributed by atoms with Crippen LogP contribution in [-0.4, -0.2) is 46.8 Å². The number of rotatable bonds is 4. The van der Waals surface area contributed by atoms with E-state index in [9.17, 15) is 8.42 Å². The van der Waals surface area contributed by atoms with Crippen LogP contribution in [-0.2, 0) is 16.4 Å². The Morgan fingerprint density at radius 1 is 1.37 bits per heavy atom. The number of aryl methyl sites for hydroxylation is 2. The standard InChI is InChI=1S/C19H26N4O2S2/c1-13-6-5-7-16(10-13)20-19(26)22(4)11-18-14(2)21-23(15(18)3)17-8-9-27(24,25)12-17/h5-7,10,17H,8-9,11-12H2,1-4H3,(H,20,26)/t17-/m0/s1. The van der Waals surface area contributed by atoms with Gasteiger partial charge in [0.05, 0.1) is 23.2 Å². The van der Waals surface area contributed by atoms with Crippen LogP contribution in [0.25, 0.3) is 0 Å². The lowest BCUT2D eigenvalue weighted by molar-refractivity contribution is 0.479. The van der Waals surface area contributed by atoms with Gasteiger partial charge in [-0.2, -0.15) is 5.10 Å². The molecular formula is C19H26N4O2S2. The summed E-state index contributed by atoms with van der Waals surface area (Å²) in [5.74, 6) is 0.424. The van der Waals surface area contributed by atoms with E-state index in [2.05, 4.69) is 16.5 Å². The Bertz CT molecular complexity index is 966. The van der Waals surface area contributed by atoms with Gasteiger partial charge < -0.3 is 10.2 Å². The highest BCUT2D eigenvalue weighted by molar-refractivity contribution is 7.91. The molecule has 0 aliphatic carbocycles. The van der Waals surface area contributed by atoms with Gasteiger partial charge in [0.1, 0.15) is 0 Å². The van der Waals surface area contributed by atoms with Gasteiger partial charge in [-0.1, -0.05) is 12.1 Å². The van der Waals surface area contributed by atoms with E-state index in [0.717, 1.165) is 22.6 Å². The van der Waals surface area contributed by atoms with E-state index in [4.69, 9.17) is 12.2 Å². The number of thiocarbonyl (C=S) groups is 1. The van der Waals surface area contributed by atoms with E-state index in [1.807, 2.05) is 55.6 Å². The Labute approximate surface area is 166 Å². The van der Waals surface area contributed by atoms with Crippen molar-refractivity contribution in [1.82, 2.24) is 14.7 Å². The van der Waals surface area contributed by atoms with Crippen LogP contribution < -0.4 is 5.32 Å². The minimum Gasteiger partial charge on any atom is -0.348 e. The number of sulfone groups is 1. The van der Waals surface area contributed by atoms with Crippen molar-refractivity contribution in [1.29, 1.82) is 0 Å². The Kier molecular flexibility index (Phi) is 5.58. The predicted octanol–water partition coefficient (Wildman–Crippen LogP) is 3.00. The SMILES string of the molecule is Cc1cccc(NC(=S)N(C)Cc2c(C)nn([C@H]3CCS(=O)(=O)C3)c2C)c1. The molecule has 0 bridgehead atoms. The van der Waals surface area contributed by atoms with Gasteiger partial charge in [-0.05, 0) is 57.1 Å². The average Bonchev–Trinajstić information content (AvgIpc) is 3.08. The molecule has 2 aromatic rings. The molecule has 0 amide bonds. The Balaban J connectivity index is 1.72. The lowest BCUT2D eigenvalue weighted by Gasteiger charge is -2.22. The first-order chi connectivity index (χ1) is 12.7. The smallest absolute Gasteiger partial charge is 0.173 e. The molecule has 8 heteroatoms. The zero-order chi connectivity index (χ0) is 19.8. The van der Waals surface area contributed by atoms with Gasteiger partial charge in [-0.3, -0.25) is 4.68 Å². The molecule has 1 N–H and O–H groups in total. The molecule has 1 aromatic carbocycles. The zero-order valence-electron chi connectivity index (χ0n) is 16.2. The minimum absolute atomic E-state index is 0.0647. The highest BCUT2D eigenvalue weighted by Crippen LogP contribution is 2.27. The summed E-state index contributed by atoms with van der Waals surface area (Å²) >= 11 is 5.54. The second kappa shape index (κ2) is 7.59. The highest BCUT2D eigenvalue weighted by atomic mass is 32.2. The summed E-state index contributed by atoms with van der Waals surface area (Å²) in [5.41, 5.74) is 5.16. The van der Waals surface area contributed by atoms with Gasteiger partial charge in [0.15, 0.2) is 14.9 Å². The molecule has 3 rings (SSSR count). The van der Waals surface area contributed by atoms with Gasteiger partial charge in [0.25, 0.3) is 0 Å². The normalized spacial score (nSPS) is 18.4.